The maximum Gasteiger partial charge on any atom is 0.0948 e. The Morgan fingerprint density at radius 3 is 3.06 bits per heavy atom. The molecule has 0 amide bonds. The van der Waals surface area contributed by atoms with Gasteiger partial charge in [0.15, 0.2) is 0 Å². The van der Waals surface area contributed by atoms with Crippen molar-refractivity contribution in [3.05, 3.63) is 47.5 Å². The van der Waals surface area contributed by atoms with Crippen molar-refractivity contribution in [1.29, 1.82) is 0 Å². The molecule has 1 aromatic carbocycles. The highest BCUT2D eigenvalue weighted by molar-refractivity contribution is 6.30. The fraction of sp³-hybridized carbons (Fsp3) is 0.308. The lowest BCUT2D eigenvalue weighted by Crippen LogP contribution is -2.06. The second kappa shape index (κ2) is 5.73. The first-order valence-electron chi connectivity index (χ1n) is 5.78. The summed E-state index contributed by atoms with van der Waals surface area (Å²) < 4.78 is 2.16. The fourth-order valence-corrected chi connectivity index (χ4v) is 1.92. The molecular weight excluding hydrogens is 234 g/mol. The van der Waals surface area contributed by atoms with Crippen LogP contribution >= 0.6 is 11.6 Å². The molecule has 0 fully saturated rings. The summed E-state index contributed by atoms with van der Waals surface area (Å²) in [5.74, 6) is 0. The Hall–Kier alpha value is -1.48. The van der Waals surface area contributed by atoms with Crippen molar-refractivity contribution in [2.45, 2.75) is 26.4 Å². The monoisotopic (exact) mass is 249 g/mol. The second-order valence-corrected chi connectivity index (χ2v) is 4.38. The Bertz CT molecular complexity index is 479. The van der Waals surface area contributed by atoms with Gasteiger partial charge in [0.2, 0.25) is 0 Å². The molecule has 0 aliphatic carbocycles. The van der Waals surface area contributed by atoms with Gasteiger partial charge in [0.05, 0.1) is 18.6 Å². The number of anilines is 1. The molecule has 2 aromatic rings. The molecule has 0 unspecified atom stereocenters. The van der Waals surface area contributed by atoms with Crippen molar-refractivity contribution >= 4 is 17.3 Å². The van der Waals surface area contributed by atoms with Crippen LogP contribution in [0, 0.1) is 0 Å². The zero-order valence-corrected chi connectivity index (χ0v) is 10.6. The highest BCUT2D eigenvalue weighted by atomic mass is 35.5. The predicted molar refractivity (Wildman–Crippen MR) is 71.3 cm³/mol. The molecule has 1 heterocycles. The lowest BCUT2D eigenvalue weighted by atomic mass is 10.3. The summed E-state index contributed by atoms with van der Waals surface area (Å²) in [4.78, 5) is 4.17. The van der Waals surface area contributed by atoms with Gasteiger partial charge in [-0.1, -0.05) is 24.6 Å². The quantitative estimate of drug-likeness (QED) is 0.878. The third-order valence-corrected chi connectivity index (χ3v) is 2.80. The molecule has 1 aromatic heterocycles. The van der Waals surface area contributed by atoms with Crippen LogP contribution in [0.3, 0.4) is 0 Å². The smallest absolute Gasteiger partial charge is 0.0948 e. The number of halogens is 1. The van der Waals surface area contributed by atoms with Crippen molar-refractivity contribution in [2.24, 2.45) is 0 Å². The minimum absolute atomic E-state index is 0.747. The van der Waals surface area contributed by atoms with Gasteiger partial charge in [-0.3, -0.25) is 0 Å². The SMILES string of the molecule is CCCn1cncc1CNc1cccc(Cl)c1. The highest BCUT2D eigenvalue weighted by Gasteiger charge is 2.01. The Morgan fingerprint density at radius 2 is 2.29 bits per heavy atom. The number of nitrogens with one attached hydrogen (secondary N) is 1. The third kappa shape index (κ3) is 3.24. The summed E-state index contributed by atoms with van der Waals surface area (Å²) in [5.41, 5.74) is 2.22. The maximum atomic E-state index is 5.93. The van der Waals surface area contributed by atoms with Crippen LogP contribution in [-0.4, -0.2) is 9.55 Å². The molecule has 0 bridgehead atoms. The first kappa shape index (κ1) is 12.0. The summed E-state index contributed by atoms with van der Waals surface area (Å²) in [7, 11) is 0. The molecule has 0 aliphatic rings. The van der Waals surface area contributed by atoms with E-state index in [9.17, 15) is 0 Å². The van der Waals surface area contributed by atoms with Gasteiger partial charge in [-0.15, -0.1) is 0 Å². The molecule has 3 nitrogen and oxygen atoms in total. The highest BCUT2D eigenvalue weighted by Crippen LogP contribution is 2.15. The molecule has 0 atom stereocenters. The molecule has 0 spiro atoms. The average molecular weight is 250 g/mol. The van der Waals surface area contributed by atoms with Crippen molar-refractivity contribution in [3.8, 4) is 0 Å². The summed E-state index contributed by atoms with van der Waals surface area (Å²) in [6.45, 7) is 3.93. The fourth-order valence-electron chi connectivity index (χ4n) is 1.73. The number of benzene rings is 1. The van der Waals surface area contributed by atoms with Crippen molar-refractivity contribution in [3.63, 3.8) is 0 Å². The molecule has 90 valence electrons. The van der Waals surface area contributed by atoms with E-state index in [4.69, 9.17) is 11.6 Å². The topological polar surface area (TPSA) is 29.9 Å². The zero-order chi connectivity index (χ0) is 12.1. The van der Waals surface area contributed by atoms with Crippen LogP contribution in [-0.2, 0) is 13.1 Å². The standard InChI is InChI=1S/C13H16ClN3/c1-2-6-17-10-15-8-13(17)9-16-12-5-3-4-11(14)7-12/h3-5,7-8,10,16H,2,6,9H2,1H3. The zero-order valence-electron chi connectivity index (χ0n) is 9.86. The van der Waals surface area contributed by atoms with Crippen LogP contribution in [0.1, 0.15) is 19.0 Å². The number of rotatable bonds is 5. The van der Waals surface area contributed by atoms with E-state index in [1.807, 2.05) is 36.8 Å². The third-order valence-electron chi connectivity index (χ3n) is 2.56. The van der Waals surface area contributed by atoms with Crippen molar-refractivity contribution in [2.75, 3.05) is 5.32 Å². The summed E-state index contributed by atoms with van der Waals surface area (Å²) in [6.07, 6.45) is 4.88. The number of hydrogen-bond donors (Lipinski definition) is 1. The molecule has 4 heteroatoms. The molecule has 0 saturated heterocycles. The van der Waals surface area contributed by atoms with E-state index >= 15 is 0 Å². The van der Waals surface area contributed by atoms with E-state index < -0.39 is 0 Å². The van der Waals surface area contributed by atoms with Crippen LogP contribution in [0.4, 0.5) is 5.69 Å². The Kier molecular flexibility index (Phi) is 4.04. The molecule has 0 saturated carbocycles. The summed E-state index contributed by atoms with van der Waals surface area (Å²) >= 11 is 5.93. The lowest BCUT2D eigenvalue weighted by Gasteiger charge is -2.09. The summed E-state index contributed by atoms with van der Waals surface area (Å²) in [5, 5.41) is 4.09. The molecule has 0 aliphatic heterocycles. The largest absolute Gasteiger partial charge is 0.379 e. The number of aromatic nitrogens is 2. The average Bonchev–Trinajstić information content (AvgIpc) is 2.75. The Labute approximate surface area is 106 Å². The van der Waals surface area contributed by atoms with E-state index in [1.165, 1.54) is 5.69 Å². The van der Waals surface area contributed by atoms with Gasteiger partial charge in [0.25, 0.3) is 0 Å². The summed E-state index contributed by atoms with van der Waals surface area (Å²) in [6, 6.07) is 7.73. The molecule has 1 N–H and O–H groups in total. The minimum Gasteiger partial charge on any atom is -0.379 e. The van der Waals surface area contributed by atoms with Gasteiger partial charge in [0.1, 0.15) is 0 Å². The molecule has 2 rings (SSSR count). The molecule has 17 heavy (non-hydrogen) atoms. The van der Waals surface area contributed by atoms with Gasteiger partial charge >= 0.3 is 0 Å². The van der Waals surface area contributed by atoms with E-state index in [-0.39, 0.29) is 0 Å². The number of aryl methyl sites for hydroxylation is 1. The van der Waals surface area contributed by atoms with Gasteiger partial charge in [-0.25, -0.2) is 4.98 Å². The minimum atomic E-state index is 0.747. The van der Waals surface area contributed by atoms with Crippen LogP contribution in [0.25, 0.3) is 0 Å². The van der Waals surface area contributed by atoms with E-state index in [1.54, 1.807) is 0 Å². The van der Waals surface area contributed by atoms with Gasteiger partial charge in [-0.2, -0.15) is 0 Å². The van der Waals surface area contributed by atoms with E-state index in [0.29, 0.717) is 0 Å². The van der Waals surface area contributed by atoms with Crippen LogP contribution in [0.5, 0.6) is 0 Å². The number of imidazole rings is 1. The Balaban J connectivity index is 1.99. The predicted octanol–water partition coefficient (Wildman–Crippen LogP) is 3.56. The van der Waals surface area contributed by atoms with Gasteiger partial charge < -0.3 is 9.88 Å². The maximum absolute atomic E-state index is 5.93. The first-order chi connectivity index (χ1) is 8.29. The van der Waals surface area contributed by atoms with Gasteiger partial charge in [-0.05, 0) is 24.6 Å². The number of hydrogen-bond acceptors (Lipinski definition) is 2. The molecular formula is C13H16ClN3. The van der Waals surface area contributed by atoms with Crippen LogP contribution in [0.15, 0.2) is 36.8 Å². The van der Waals surface area contributed by atoms with E-state index in [2.05, 4.69) is 21.8 Å². The van der Waals surface area contributed by atoms with Crippen LogP contribution < -0.4 is 5.32 Å². The lowest BCUT2D eigenvalue weighted by molar-refractivity contribution is 0.651. The second-order valence-electron chi connectivity index (χ2n) is 3.94. The normalized spacial score (nSPS) is 10.5. The Morgan fingerprint density at radius 1 is 1.41 bits per heavy atom. The van der Waals surface area contributed by atoms with E-state index in [0.717, 1.165) is 30.2 Å². The van der Waals surface area contributed by atoms with Crippen molar-refractivity contribution < 1.29 is 0 Å². The number of nitrogens with zero attached hydrogens (tertiary/aromatic N) is 2. The van der Waals surface area contributed by atoms with Crippen molar-refractivity contribution in [1.82, 2.24) is 9.55 Å². The first-order valence-corrected chi connectivity index (χ1v) is 6.16. The van der Waals surface area contributed by atoms with Gasteiger partial charge in [0, 0.05) is 23.5 Å². The van der Waals surface area contributed by atoms with Crippen LogP contribution in [0.2, 0.25) is 5.02 Å². The molecule has 0 radical (unpaired) electrons.